The number of hydrogen-bond donors (Lipinski definition) is 0. The molecule has 0 aromatic carbocycles. The Morgan fingerprint density at radius 1 is 0.696 bits per heavy atom. The third-order valence-corrected chi connectivity index (χ3v) is 2.03. The highest BCUT2D eigenvalue weighted by Gasteiger charge is 1.99. The highest BCUT2D eigenvalue weighted by atomic mass is 35.7. The Hall–Kier alpha value is -1.44. The highest BCUT2D eigenvalue weighted by Crippen LogP contribution is 2.14. The fourth-order valence-corrected chi connectivity index (χ4v) is 1.27. The molecule has 2 heterocycles. The zero-order chi connectivity index (χ0) is 18.1. The average Bonchev–Trinajstić information content (AvgIpc) is 2.37. The minimum Gasteiger partial charge on any atom is -0.222 e. The zero-order valence-electron chi connectivity index (χ0n) is 11.6. The molecule has 12 heteroatoms. The van der Waals surface area contributed by atoms with Crippen molar-refractivity contribution in [3.8, 4) is 11.1 Å². The molecule has 10 nitrogen and oxygen atoms in total. The van der Waals surface area contributed by atoms with Crippen LogP contribution in [-0.4, -0.2) is 0 Å². The Balaban J connectivity index is 0.000000406. The lowest BCUT2D eigenvalue weighted by molar-refractivity contribution is -2.00. The summed E-state index contributed by atoms with van der Waals surface area (Å²) in [6.07, 6.45) is 7.96. The van der Waals surface area contributed by atoms with Crippen molar-refractivity contribution in [3.05, 3.63) is 49.1 Å². The number of halogens is 2. The van der Waals surface area contributed by atoms with Gasteiger partial charge in [-0.1, -0.05) is 0 Å². The van der Waals surface area contributed by atoms with Crippen LogP contribution in [0.15, 0.2) is 49.1 Å². The molecule has 128 valence electrons. The number of aromatic nitrogens is 2. The second-order valence-corrected chi connectivity index (χ2v) is 5.31. The van der Waals surface area contributed by atoms with E-state index in [1.165, 1.54) is 11.1 Å². The van der Waals surface area contributed by atoms with E-state index in [1.807, 2.05) is 36.4 Å². The first-order valence-electron chi connectivity index (χ1n) is 5.51. The molecule has 2 rings (SSSR count). The molecule has 2 aromatic rings. The number of pyridine rings is 2. The van der Waals surface area contributed by atoms with E-state index in [9.17, 15) is 0 Å². The molecule has 2 aromatic heterocycles. The maximum absolute atomic E-state index is 8.49. The van der Waals surface area contributed by atoms with Crippen LogP contribution in [0.25, 0.3) is 11.1 Å². The molecule has 0 aliphatic heterocycles. The third kappa shape index (κ3) is 16.8. The minimum absolute atomic E-state index is 1.24. The van der Waals surface area contributed by atoms with E-state index >= 15 is 0 Å². The van der Waals surface area contributed by atoms with Crippen molar-refractivity contribution in [1.29, 1.82) is 0 Å². The molecule has 0 radical (unpaired) electrons. The van der Waals surface area contributed by atoms with Crippen molar-refractivity contribution >= 4 is 0 Å². The van der Waals surface area contributed by atoms with Crippen LogP contribution in [0.2, 0.25) is 0 Å². The topological polar surface area (TPSA) is 202 Å². The van der Waals surface area contributed by atoms with E-state index in [1.54, 1.807) is 0 Å². The number of aromatic amines is 1. The summed E-state index contributed by atoms with van der Waals surface area (Å²) in [7, 11) is -7.87. The lowest BCUT2D eigenvalue weighted by Crippen LogP contribution is -2.68. The SMILES string of the molecule is C[n+]1ccc(-c2cc[nH+]cc2)cc1.[O-][Cl+3]([O-])([O-])[O-].[O-][Cl+3]([O-])([O-])[O-]. The van der Waals surface area contributed by atoms with Crippen LogP contribution in [-0.2, 0) is 7.05 Å². The van der Waals surface area contributed by atoms with Gasteiger partial charge >= 0.3 is 0 Å². The van der Waals surface area contributed by atoms with E-state index in [0.29, 0.717) is 0 Å². The third-order valence-electron chi connectivity index (χ3n) is 2.03. The summed E-state index contributed by atoms with van der Waals surface area (Å²) in [5, 5.41) is 0. The first-order chi connectivity index (χ1) is 10.4. The van der Waals surface area contributed by atoms with Gasteiger partial charge in [0.15, 0.2) is 24.8 Å². The van der Waals surface area contributed by atoms with Crippen molar-refractivity contribution in [2.75, 3.05) is 0 Å². The maximum atomic E-state index is 8.49. The molecule has 1 N–H and O–H groups in total. The fourth-order valence-electron chi connectivity index (χ4n) is 1.27. The van der Waals surface area contributed by atoms with Crippen LogP contribution in [0.3, 0.4) is 0 Å². The van der Waals surface area contributed by atoms with Gasteiger partial charge in [-0.3, -0.25) is 0 Å². The summed E-state index contributed by atoms with van der Waals surface area (Å²) in [5.41, 5.74) is 2.48. The average molecular weight is 371 g/mol. The smallest absolute Gasteiger partial charge is 0.169 e. The van der Waals surface area contributed by atoms with Gasteiger partial charge in [-0.2, -0.15) is 0 Å². The Labute approximate surface area is 135 Å². The highest BCUT2D eigenvalue weighted by molar-refractivity contribution is 5.60. The van der Waals surface area contributed by atoms with Gasteiger partial charge in [-0.25, -0.2) is 46.8 Å². The van der Waals surface area contributed by atoms with Gasteiger partial charge < -0.3 is 0 Å². The molecule has 0 fully saturated rings. The molecular weight excluding hydrogens is 359 g/mol. The van der Waals surface area contributed by atoms with Crippen molar-refractivity contribution in [1.82, 2.24) is 0 Å². The first-order valence-corrected chi connectivity index (χ1v) is 7.98. The summed E-state index contributed by atoms with van der Waals surface area (Å²) in [4.78, 5) is 3.01. The summed E-state index contributed by atoms with van der Waals surface area (Å²) >= 11 is 0. The monoisotopic (exact) mass is 370 g/mol. The number of rotatable bonds is 1. The lowest BCUT2D eigenvalue weighted by atomic mass is 10.1. The largest absolute Gasteiger partial charge is 0.222 e. The van der Waals surface area contributed by atoms with E-state index in [4.69, 9.17) is 37.3 Å². The van der Waals surface area contributed by atoms with E-state index < -0.39 is 20.5 Å². The van der Waals surface area contributed by atoms with Gasteiger partial charge in [-0.15, -0.1) is 20.5 Å². The van der Waals surface area contributed by atoms with Crippen LogP contribution in [0.5, 0.6) is 0 Å². The molecule has 0 spiro atoms. The number of hydrogen-bond acceptors (Lipinski definition) is 8. The predicted molar refractivity (Wildman–Crippen MR) is 49.6 cm³/mol. The van der Waals surface area contributed by atoms with Crippen molar-refractivity contribution in [2.24, 2.45) is 7.05 Å². The molecule has 0 bridgehead atoms. The van der Waals surface area contributed by atoms with E-state index in [2.05, 4.69) is 29.2 Å². The predicted octanol–water partition coefficient (Wildman–Crippen LogP) is -8.52. The zero-order valence-corrected chi connectivity index (χ0v) is 13.1. The molecule has 0 aliphatic carbocycles. The van der Waals surface area contributed by atoms with Gasteiger partial charge in [0.05, 0.1) is 0 Å². The van der Waals surface area contributed by atoms with E-state index in [-0.39, 0.29) is 0 Å². The summed E-state index contributed by atoms with van der Waals surface area (Å²) in [6.45, 7) is 0. The second kappa shape index (κ2) is 9.64. The lowest BCUT2D eigenvalue weighted by Gasteiger charge is -2.17. The molecule has 0 amide bonds. The molecule has 0 saturated carbocycles. The Bertz CT molecular complexity index is 533. The van der Waals surface area contributed by atoms with Gasteiger partial charge in [0.25, 0.3) is 0 Å². The van der Waals surface area contributed by atoms with Crippen LogP contribution in [0.1, 0.15) is 0 Å². The summed E-state index contributed by atoms with van der Waals surface area (Å²) in [6, 6.07) is 8.34. The fraction of sp³-hybridized carbons (Fsp3) is 0.0909. The van der Waals surface area contributed by atoms with Crippen molar-refractivity contribution in [3.63, 3.8) is 0 Å². The van der Waals surface area contributed by atoms with Gasteiger partial charge in [0.2, 0.25) is 0 Å². The van der Waals surface area contributed by atoms with Crippen molar-refractivity contribution < 1.29 is 67.3 Å². The summed E-state index contributed by atoms with van der Waals surface area (Å²) in [5.74, 6) is 0. The second-order valence-electron chi connectivity index (χ2n) is 3.80. The molecule has 0 atom stereocenters. The van der Waals surface area contributed by atoms with E-state index in [0.717, 1.165) is 0 Å². The molecule has 0 unspecified atom stereocenters. The minimum atomic E-state index is -4.94. The molecule has 23 heavy (non-hydrogen) atoms. The van der Waals surface area contributed by atoms with Crippen molar-refractivity contribution in [2.45, 2.75) is 0 Å². The number of nitrogens with zero attached hydrogens (tertiary/aromatic N) is 1. The number of aryl methyl sites for hydroxylation is 1. The summed E-state index contributed by atoms with van der Waals surface area (Å²) < 4.78 is 70.0. The normalized spacial score (nSPS) is 10.8. The molecule has 0 aliphatic rings. The molecular formula is C11H12Cl2N2O8. The first kappa shape index (κ1) is 21.6. The van der Waals surface area contributed by atoms with Gasteiger partial charge in [0.1, 0.15) is 7.05 Å². The van der Waals surface area contributed by atoms with Gasteiger partial charge in [0, 0.05) is 24.3 Å². The Morgan fingerprint density at radius 3 is 1.35 bits per heavy atom. The van der Waals surface area contributed by atoms with Crippen LogP contribution < -0.4 is 46.8 Å². The Kier molecular flexibility index (Phi) is 9.04. The number of nitrogens with one attached hydrogen (secondary N) is 1. The quantitative estimate of drug-likeness (QED) is 0.439. The standard InChI is InChI=1S/C11H11N2.2ClHO4/c1-13-8-4-11(5-9-13)10-2-6-12-7-3-10;2*2-1(3,4)5/h2-9H,1H3;2*(H,2,3,4,5)/q+1;;/p-1. The molecule has 0 saturated heterocycles. The maximum Gasteiger partial charge on any atom is 0.169 e. The van der Waals surface area contributed by atoms with Crippen LogP contribution in [0.4, 0.5) is 0 Å². The van der Waals surface area contributed by atoms with Gasteiger partial charge in [-0.05, 0) is 11.1 Å². The van der Waals surface area contributed by atoms with Crippen LogP contribution in [0, 0.1) is 20.5 Å². The van der Waals surface area contributed by atoms with Crippen LogP contribution >= 0.6 is 0 Å². The number of H-pyrrole nitrogens is 1. The Morgan fingerprint density at radius 2 is 1.00 bits per heavy atom.